The first kappa shape index (κ1) is 33.0. The molecule has 0 saturated carbocycles. The molecule has 0 bridgehead atoms. The maximum absolute atomic E-state index is 5.64. The highest BCUT2D eigenvalue weighted by Gasteiger charge is 2.48. The number of fused-ring (bicyclic) bond motifs is 2. The molecule has 1 heteroatoms. The summed E-state index contributed by atoms with van der Waals surface area (Å²) in [6.07, 6.45) is 0. The van der Waals surface area contributed by atoms with Crippen LogP contribution in [0.5, 0.6) is 0 Å². The molecule has 0 radical (unpaired) electrons. The highest BCUT2D eigenvalue weighted by atomic mass is 14.8. The van der Waals surface area contributed by atoms with E-state index in [1.807, 2.05) is 0 Å². The van der Waals surface area contributed by atoms with Crippen LogP contribution >= 0.6 is 0 Å². The first-order valence-electron chi connectivity index (χ1n) is 18.6. The number of benzene rings is 8. The predicted molar refractivity (Wildman–Crippen MR) is 229 cm³/mol. The van der Waals surface area contributed by atoms with Gasteiger partial charge in [0, 0.05) is 11.1 Å². The van der Waals surface area contributed by atoms with Crippen LogP contribution in [0.25, 0.3) is 44.3 Å². The van der Waals surface area contributed by atoms with Gasteiger partial charge in [0.2, 0.25) is 0 Å². The second-order valence-corrected chi connectivity index (χ2v) is 14.0. The lowest BCUT2D eigenvalue weighted by Crippen LogP contribution is -2.34. The van der Waals surface area contributed by atoms with Crippen molar-refractivity contribution in [1.82, 2.24) is 0 Å². The van der Waals surface area contributed by atoms with Crippen molar-refractivity contribution < 1.29 is 0 Å². The van der Waals surface area contributed by atoms with Crippen LogP contribution in [0.1, 0.15) is 40.3 Å². The van der Waals surface area contributed by atoms with Gasteiger partial charge in [-0.05, 0) is 73.3 Å². The number of hydrogen-bond donors (Lipinski definition) is 0. The van der Waals surface area contributed by atoms with Gasteiger partial charge in [0.1, 0.15) is 0 Å². The van der Waals surface area contributed by atoms with Gasteiger partial charge >= 0.3 is 0 Å². The molecule has 0 heterocycles. The third-order valence-electron chi connectivity index (χ3n) is 11.0. The van der Waals surface area contributed by atoms with E-state index in [1.165, 1.54) is 55.5 Å². The van der Waals surface area contributed by atoms with Crippen LogP contribution in [0, 0.1) is 0 Å². The fraction of sp³-hybridized carbons (Fsp3) is 0.0377. The predicted octanol–water partition coefficient (Wildman–Crippen LogP) is 13.5. The molecule has 54 heavy (non-hydrogen) atoms. The van der Waals surface area contributed by atoms with E-state index in [2.05, 4.69) is 220 Å². The summed E-state index contributed by atoms with van der Waals surface area (Å²) in [7, 11) is 0. The topological polar surface area (TPSA) is 12.4 Å². The summed E-state index contributed by atoms with van der Waals surface area (Å²) in [5, 5.41) is 2.34. The molecule has 0 unspecified atom stereocenters. The molecule has 8 aromatic rings. The Hall–Kier alpha value is -6.83. The fourth-order valence-electron chi connectivity index (χ4n) is 8.41. The van der Waals surface area contributed by atoms with Crippen LogP contribution in [0.15, 0.2) is 223 Å². The average Bonchev–Trinajstić information content (AvgIpc) is 3.52. The van der Waals surface area contributed by atoms with Gasteiger partial charge in [-0.25, -0.2) is 4.99 Å². The van der Waals surface area contributed by atoms with Crippen molar-refractivity contribution in [3.8, 4) is 22.3 Å². The van der Waals surface area contributed by atoms with Gasteiger partial charge in [-0.2, -0.15) is 0 Å². The first-order chi connectivity index (χ1) is 26.6. The highest BCUT2D eigenvalue weighted by molar-refractivity contribution is 6.26. The summed E-state index contributed by atoms with van der Waals surface area (Å²) in [5.41, 5.74) is 15.2. The minimum atomic E-state index is -0.616. The largest absolute Gasteiger partial charge is 0.248 e. The normalized spacial score (nSPS) is 13.5. The number of hydrogen-bond acceptors (Lipinski definition) is 1. The van der Waals surface area contributed by atoms with E-state index in [-0.39, 0.29) is 0 Å². The fourth-order valence-corrected chi connectivity index (χ4v) is 8.41. The van der Waals surface area contributed by atoms with Gasteiger partial charge < -0.3 is 0 Å². The first-order valence-corrected chi connectivity index (χ1v) is 18.6. The van der Waals surface area contributed by atoms with Crippen molar-refractivity contribution >= 4 is 27.8 Å². The van der Waals surface area contributed by atoms with Crippen molar-refractivity contribution in [3.05, 3.63) is 252 Å². The lowest BCUT2D eigenvalue weighted by Gasteiger charge is -2.36. The molecule has 8 aromatic carbocycles. The molecular formula is C53H39N. The summed E-state index contributed by atoms with van der Waals surface area (Å²) >= 11 is 0. The Balaban J connectivity index is 1.22. The van der Waals surface area contributed by atoms with Gasteiger partial charge in [0.25, 0.3) is 0 Å². The molecule has 1 nitrogen and oxygen atoms in total. The van der Waals surface area contributed by atoms with Gasteiger partial charge in [0.05, 0.1) is 16.8 Å². The van der Waals surface area contributed by atoms with Crippen molar-refractivity contribution in [3.63, 3.8) is 0 Å². The Morgan fingerprint density at radius 1 is 0.463 bits per heavy atom. The zero-order valence-corrected chi connectivity index (χ0v) is 30.3. The molecule has 0 atom stereocenters. The Kier molecular flexibility index (Phi) is 8.54. The third-order valence-corrected chi connectivity index (χ3v) is 11.0. The van der Waals surface area contributed by atoms with E-state index in [4.69, 9.17) is 4.99 Å². The monoisotopic (exact) mass is 689 g/mol. The standard InChI is InChI=1S/C53H39N/c1-37-47-25-14-15-28-50(47)53(45-21-8-4-9-22-45,46-23-10-5-11-24-46)51(37)52(49-27-16-20-44-19-12-13-26-48(44)49)54-38(2)39-29-31-42(32-30-39)43-35-33-41(34-36-43)40-17-6-3-7-18-40/h3-36H,2H2,1H3/b54-52-. The maximum Gasteiger partial charge on any atom is 0.0766 e. The Morgan fingerprint density at radius 3 is 1.57 bits per heavy atom. The smallest absolute Gasteiger partial charge is 0.0766 e. The maximum atomic E-state index is 5.64. The second-order valence-electron chi connectivity index (χ2n) is 14.0. The zero-order valence-electron chi connectivity index (χ0n) is 30.3. The molecule has 0 aliphatic heterocycles. The van der Waals surface area contributed by atoms with E-state index >= 15 is 0 Å². The second kappa shape index (κ2) is 14.0. The number of aliphatic imine (C=N–C) groups is 1. The van der Waals surface area contributed by atoms with Crippen LogP contribution in [0.3, 0.4) is 0 Å². The Morgan fingerprint density at radius 2 is 0.944 bits per heavy atom. The van der Waals surface area contributed by atoms with Gasteiger partial charge in [-0.1, -0.05) is 213 Å². The summed E-state index contributed by atoms with van der Waals surface area (Å²) in [5.74, 6) is 0. The van der Waals surface area contributed by atoms with Crippen LogP contribution in [-0.4, -0.2) is 5.71 Å². The quantitative estimate of drug-likeness (QED) is 0.141. The van der Waals surface area contributed by atoms with E-state index in [9.17, 15) is 0 Å². The lowest BCUT2D eigenvalue weighted by molar-refractivity contribution is 0.770. The molecule has 256 valence electrons. The van der Waals surface area contributed by atoms with Crippen LogP contribution in [0.2, 0.25) is 0 Å². The minimum Gasteiger partial charge on any atom is -0.248 e. The van der Waals surface area contributed by atoms with E-state index in [0.29, 0.717) is 0 Å². The lowest BCUT2D eigenvalue weighted by atomic mass is 9.65. The number of rotatable bonds is 8. The van der Waals surface area contributed by atoms with Crippen LogP contribution in [0.4, 0.5) is 0 Å². The van der Waals surface area contributed by atoms with E-state index in [0.717, 1.165) is 33.5 Å². The highest BCUT2D eigenvalue weighted by Crippen LogP contribution is 2.55. The van der Waals surface area contributed by atoms with E-state index < -0.39 is 5.41 Å². The molecular weight excluding hydrogens is 651 g/mol. The molecule has 0 amide bonds. The SMILES string of the molecule is C=C(/N=C(\C1=C(C)c2ccccc2C1(c1ccccc1)c1ccccc1)c1cccc2ccccc12)c1ccc(-c2ccc(-c3ccccc3)cc2)cc1. The van der Waals surface area contributed by atoms with Crippen molar-refractivity contribution in [2.45, 2.75) is 12.3 Å². The summed E-state index contributed by atoms with van der Waals surface area (Å²) in [6, 6.07) is 73.9. The molecule has 0 aromatic heterocycles. The molecule has 1 aliphatic carbocycles. The number of allylic oxidation sites excluding steroid dienone is 2. The molecule has 0 spiro atoms. The molecule has 1 aliphatic rings. The average molecular weight is 690 g/mol. The molecule has 0 saturated heterocycles. The molecule has 9 rings (SSSR count). The molecule has 0 fully saturated rings. The Labute approximate surface area is 318 Å². The van der Waals surface area contributed by atoms with Crippen molar-refractivity contribution in [2.75, 3.05) is 0 Å². The number of nitrogens with zero attached hydrogens (tertiary/aromatic N) is 1. The molecule has 0 N–H and O–H groups in total. The Bertz CT molecular complexity index is 2640. The van der Waals surface area contributed by atoms with Crippen molar-refractivity contribution in [1.29, 1.82) is 0 Å². The van der Waals surface area contributed by atoms with Gasteiger partial charge in [-0.3, -0.25) is 0 Å². The third kappa shape index (κ3) is 5.62. The van der Waals surface area contributed by atoms with E-state index in [1.54, 1.807) is 0 Å². The van der Waals surface area contributed by atoms with Crippen molar-refractivity contribution in [2.24, 2.45) is 4.99 Å². The van der Waals surface area contributed by atoms with Gasteiger partial charge in [0.15, 0.2) is 0 Å². The zero-order chi connectivity index (χ0) is 36.5. The van der Waals surface area contributed by atoms with Crippen LogP contribution < -0.4 is 0 Å². The summed E-state index contributed by atoms with van der Waals surface area (Å²) in [4.78, 5) is 5.64. The van der Waals surface area contributed by atoms with Crippen LogP contribution in [-0.2, 0) is 5.41 Å². The minimum absolute atomic E-state index is 0.616. The summed E-state index contributed by atoms with van der Waals surface area (Å²) in [6.45, 7) is 6.91. The van der Waals surface area contributed by atoms with Gasteiger partial charge in [-0.15, -0.1) is 0 Å². The summed E-state index contributed by atoms with van der Waals surface area (Å²) < 4.78 is 0.